The third-order valence-electron chi connectivity index (χ3n) is 10.5. The van der Waals surface area contributed by atoms with E-state index in [4.69, 9.17) is 8.83 Å². The molecule has 6 heteroatoms. The molecule has 5 aromatic rings. The van der Waals surface area contributed by atoms with E-state index < -0.39 is 0 Å². The van der Waals surface area contributed by atoms with Gasteiger partial charge in [-0.1, -0.05) is 118 Å². The molecule has 266 valence electrons. The highest BCUT2D eigenvalue weighted by Gasteiger charge is 2.23. The van der Waals surface area contributed by atoms with Gasteiger partial charge in [-0.25, -0.2) is 0 Å². The second kappa shape index (κ2) is 19.3. The first-order valence-corrected chi connectivity index (χ1v) is 21.1. The number of furan rings is 2. The Balaban J connectivity index is 1.48. The molecule has 0 aliphatic carbocycles. The van der Waals surface area contributed by atoms with Crippen molar-refractivity contribution in [2.75, 3.05) is 0 Å². The second-order valence-electron chi connectivity index (χ2n) is 14.6. The highest BCUT2D eigenvalue weighted by Crippen LogP contribution is 2.47. The van der Waals surface area contributed by atoms with Crippen LogP contribution >= 0.6 is 22.7 Å². The van der Waals surface area contributed by atoms with E-state index in [1.807, 2.05) is 34.8 Å². The third-order valence-corrected chi connectivity index (χ3v) is 12.9. The summed E-state index contributed by atoms with van der Waals surface area (Å²) in [5, 5.41) is 21.6. The standard InChI is InChI=1S/C44H56N2O2S2/c1-5-7-9-11-13-15-17-31(3)19-23-35-37-27-41(39-25-21-33(29-45)47-39)50-44(37)36(24-20-32(4)18-16-14-12-10-8-6-2)38-28-42(49-43(35)38)40-26-22-34(30-46)48-40/h21-22,25-28,31-32H,5-20,23-24H2,1-4H3. The monoisotopic (exact) mass is 708 g/mol. The summed E-state index contributed by atoms with van der Waals surface area (Å²) in [4.78, 5) is 2.18. The summed E-state index contributed by atoms with van der Waals surface area (Å²) in [7, 11) is 0. The molecular weight excluding hydrogens is 653 g/mol. The van der Waals surface area contributed by atoms with Crippen molar-refractivity contribution >= 4 is 42.8 Å². The largest absolute Gasteiger partial charge is 0.445 e. The molecular formula is C44H56N2O2S2. The fraction of sp³-hybridized carbons (Fsp3) is 0.545. The number of hydrogen-bond acceptors (Lipinski definition) is 6. The lowest BCUT2D eigenvalue weighted by Gasteiger charge is -2.16. The Labute approximate surface area is 308 Å². The highest BCUT2D eigenvalue weighted by molar-refractivity contribution is 7.24. The van der Waals surface area contributed by atoms with E-state index in [0.717, 1.165) is 47.0 Å². The van der Waals surface area contributed by atoms with Crippen LogP contribution in [0, 0.1) is 34.5 Å². The maximum atomic E-state index is 9.47. The Morgan fingerprint density at radius 3 is 1.34 bits per heavy atom. The zero-order valence-electron chi connectivity index (χ0n) is 30.9. The van der Waals surface area contributed by atoms with Gasteiger partial charge < -0.3 is 8.83 Å². The lowest BCUT2D eigenvalue weighted by Crippen LogP contribution is -2.01. The van der Waals surface area contributed by atoms with E-state index in [2.05, 4.69) is 52.0 Å². The van der Waals surface area contributed by atoms with Gasteiger partial charge in [-0.3, -0.25) is 0 Å². The molecule has 0 aliphatic heterocycles. The number of nitrogens with zero attached hydrogens (tertiary/aromatic N) is 2. The Bertz CT molecular complexity index is 1680. The predicted molar refractivity (Wildman–Crippen MR) is 213 cm³/mol. The minimum atomic E-state index is 0.353. The van der Waals surface area contributed by atoms with E-state index in [0.29, 0.717) is 23.4 Å². The van der Waals surface area contributed by atoms with Crippen LogP contribution in [0.1, 0.15) is 153 Å². The average molecular weight is 709 g/mol. The third kappa shape index (κ3) is 9.92. The van der Waals surface area contributed by atoms with Gasteiger partial charge in [0.2, 0.25) is 11.5 Å². The Morgan fingerprint density at radius 2 is 0.960 bits per heavy atom. The maximum absolute atomic E-state index is 9.47. The van der Waals surface area contributed by atoms with Crippen LogP contribution < -0.4 is 0 Å². The first-order chi connectivity index (χ1) is 24.4. The smallest absolute Gasteiger partial charge is 0.204 e. The fourth-order valence-corrected chi connectivity index (χ4v) is 9.81. The van der Waals surface area contributed by atoms with Gasteiger partial charge in [0, 0.05) is 9.40 Å². The van der Waals surface area contributed by atoms with Crippen molar-refractivity contribution < 1.29 is 8.83 Å². The first-order valence-electron chi connectivity index (χ1n) is 19.5. The molecule has 0 spiro atoms. The molecule has 0 N–H and O–H groups in total. The van der Waals surface area contributed by atoms with E-state index in [1.165, 1.54) is 121 Å². The van der Waals surface area contributed by atoms with Crippen LogP contribution in [0.25, 0.3) is 41.4 Å². The minimum absolute atomic E-state index is 0.353. The van der Waals surface area contributed by atoms with Crippen molar-refractivity contribution in [2.24, 2.45) is 11.8 Å². The summed E-state index contributed by atoms with van der Waals surface area (Å²) in [6, 6.07) is 16.4. The van der Waals surface area contributed by atoms with Crippen LogP contribution in [0.2, 0.25) is 0 Å². The molecule has 1 aromatic carbocycles. The minimum Gasteiger partial charge on any atom is -0.445 e. The molecule has 0 radical (unpaired) electrons. The summed E-state index contributed by atoms with van der Waals surface area (Å²) in [6.07, 6.45) is 23.0. The molecule has 4 heterocycles. The molecule has 2 unspecified atom stereocenters. The zero-order chi connectivity index (χ0) is 35.3. The number of unbranched alkanes of at least 4 members (excludes halogenated alkanes) is 10. The zero-order valence-corrected chi connectivity index (χ0v) is 32.5. The van der Waals surface area contributed by atoms with E-state index in [9.17, 15) is 10.5 Å². The predicted octanol–water partition coefficient (Wildman–Crippen LogP) is 15.0. The SMILES string of the molecule is CCCCCCCCC(C)CCc1c2cc(-c3ccc(C#N)o3)sc2c(CCC(C)CCCCCCCC)c2cc(-c3ccc(C#N)o3)sc12. The number of fused-ring (bicyclic) bond motifs is 2. The summed E-state index contributed by atoms with van der Waals surface area (Å²) < 4.78 is 14.6. The molecule has 4 nitrogen and oxygen atoms in total. The van der Waals surface area contributed by atoms with Gasteiger partial charge in [-0.05, 0) is 95.8 Å². The van der Waals surface area contributed by atoms with E-state index in [-0.39, 0.29) is 0 Å². The van der Waals surface area contributed by atoms with Crippen molar-refractivity contribution in [3.05, 3.63) is 59.0 Å². The Morgan fingerprint density at radius 1 is 0.560 bits per heavy atom. The fourth-order valence-electron chi connectivity index (χ4n) is 7.34. The molecule has 5 rings (SSSR count). The lowest BCUT2D eigenvalue weighted by atomic mass is 9.90. The van der Waals surface area contributed by atoms with Crippen LogP contribution in [0.15, 0.2) is 45.2 Å². The topological polar surface area (TPSA) is 73.9 Å². The van der Waals surface area contributed by atoms with Gasteiger partial charge in [-0.15, -0.1) is 22.7 Å². The molecule has 2 atom stereocenters. The van der Waals surface area contributed by atoms with Gasteiger partial charge in [0.25, 0.3) is 0 Å². The number of thiophene rings is 2. The first kappa shape index (κ1) is 37.9. The molecule has 0 fully saturated rings. The van der Waals surface area contributed by atoms with Crippen molar-refractivity contribution in [3.8, 4) is 33.4 Å². The Kier molecular flexibility index (Phi) is 14.7. The van der Waals surface area contributed by atoms with Gasteiger partial charge in [0.15, 0.2) is 0 Å². The van der Waals surface area contributed by atoms with Crippen molar-refractivity contribution in [1.29, 1.82) is 10.5 Å². The average Bonchev–Trinajstić information content (AvgIpc) is 3.95. The van der Waals surface area contributed by atoms with Crippen LogP contribution in [0.3, 0.4) is 0 Å². The van der Waals surface area contributed by atoms with E-state index in [1.54, 1.807) is 12.1 Å². The van der Waals surface area contributed by atoms with Gasteiger partial charge >= 0.3 is 0 Å². The second-order valence-corrected chi connectivity index (χ2v) is 16.7. The summed E-state index contributed by atoms with van der Waals surface area (Å²) >= 11 is 3.63. The van der Waals surface area contributed by atoms with Crippen molar-refractivity contribution in [3.63, 3.8) is 0 Å². The number of rotatable bonds is 22. The van der Waals surface area contributed by atoms with E-state index >= 15 is 0 Å². The number of benzene rings is 1. The van der Waals surface area contributed by atoms with Crippen LogP contribution in [0.5, 0.6) is 0 Å². The van der Waals surface area contributed by atoms with Crippen molar-refractivity contribution in [1.82, 2.24) is 0 Å². The molecule has 0 aliphatic rings. The molecule has 0 saturated heterocycles. The van der Waals surface area contributed by atoms with Crippen LogP contribution in [0.4, 0.5) is 0 Å². The quantitative estimate of drug-likeness (QED) is 0.0671. The number of hydrogen-bond donors (Lipinski definition) is 0. The number of aryl methyl sites for hydroxylation is 2. The van der Waals surface area contributed by atoms with Crippen LogP contribution in [-0.2, 0) is 12.8 Å². The molecule has 0 bridgehead atoms. The molecule has 50 heavy (non-hydrogen) atoms. The summed E-state index contributed by atoms with van der Waals surface area (Å²) in [5.41, 5.74) is 2.85. The Hall–Kier alpha value is -3.32. The normalized spacial score (nSPS) is 12.8. The molecule has 4 aromatic heterocycles. The lowest BCUT2D eigenvalue weighted by molar-refractivity contribution is 0.456. The summed E-state index contributed by atoms with van der Waals surface area (Å²) in [5.74, 6) is 3.58. The molecule has 0 saturated carbocycles. The van der Waals surface area contributed by atoms with Gasteiger partial charge in [0.05, 0.1) is 9.75 Å². The maximum Gasteiger partial charge on any atom is 0.204 e. The van der Waals surface area contributed by atoms with Crippen LogP contribution in [-0.4, -0.2) is 0 Å². The molecule has 0 amide bonds. The highest BCUT2D eigenvalue weighted by atomic mass is 32.1. The number of nitriles is 2. The van der Waals surface area contributed by atoms with Gasteiger partial charge in [0.1, 0.15) is 23.7 Å². The van der Waals surface area contributed by atoms with Gasteiger partial charge in [-0.2, -0.15) is 10.5 Å². The van der Waals surface area contributed by atoms with Crippen molar-refractivity contribution in [2.45, 2.75) is 143 Å². The summed E-state index contributed by atoms with van der Waals surface area (Å²) in [6.45, 7) is 9.42.